The van der Waals surface area contributed by atoms with Gasteiger partial charge >= 0.3 is 0 Å². The van der Waals surface area contributed by atoms with Gasteiger partial charge < -0.3 is 19.4 Å². The van der Waals surface area contributed by atoms with Crippen LogP contribution in [0.2, 0.25) is 0 Å². The van der Waals surface area contributed by atoms with Gasteiger partial charge in [-0.1, -0.05) is 18.3 Å². The summed E-state index contributed by atoms with van der Waals surface area (Å²) in [6.45, 7) is 6.17. The van der Waals surface area contributed by atoms with Gasteiger partial charge in [-0.15, -0.1) is 0 Å². The van der Waals surface area contributed by atoms with Crippen molar-refractivity contribution in [1.82, 2.24) is 19.5 Å². The fourth-order valence-corrected chi connectivity index (χ4v) is 6.32. The van der Waals surface area contributed by atoms with E-state index in [1.165, 1.54) is 23.5 Å². The van der Waals surface area contributed by atoms with Crippen molar-refractivity contribution < 1.29 is 13.9 Å². The van der Waals surface area contributed by atoms with Gasteiger partial charge in [-0.05, 0) is 49.2 Å². The minimum absolute atomic E-state index is 0.00348. The van der Waals surface area contributed by atoms with Crippen LogP contribution in [0.5, 0.6) is 0 Å². The molecule has 0 bridgehead atoms. The van der Waals surface area contributed by atoms with Crippen molar-refractivity contribution in [3.8, 4) is 17.3 Å². The van der Waals surface area contributed by atoms with Gasteiger partial charge in [0, 0.05) is 57.3 Å². The zero-order valence-electron chi connectivity index (χ0n) is 22.5. The Labute approximate surface area is 236 Å². The van der Waals surface area contributed by atoms with Gasteiger partial charge in [0.05, 0.1) is 29.4 Å². The van der Waals surface area contributed by atoms with Crippen LogP contribution in [0.25, 0.3) is 16.8 Å². The molecule has 6 rings (SSSR count). The summed E-state index contributed by atoms with van der Waals surface area (Å²) in [7, 11) is 1.94. The van der Waals surface area contributed by atoms with E-state index in [1.807, 2.05) is 27.6 Å². The lowest BCUT2D eigenvalue weighted by Gasteiger charge is -2.37. The van der Waals surface area contributed by atoms with Crippen LogP contribution in [0.3, 0.4) is 0 Å². The molecular formula is C29H30FN7O2S. The lowest BCUT2D eigenvalue weighted by atomic mass is 10.1. The summed E-state index contributed by atoms with van der Waals surface area (Å²) in [5.74, 6) is -0.127. The van der Waals surface area contributed by atoms with Crippen LogP contribution in [0.4, 0.5) is 20.9 Å². The molecule has 3 aromatic heterocycles. The SMILES string of the molecule is CCc1nn2ccc(N3CCN(C(=O)[C@@H]4CCOC4)CC3)cc2c1N(C)c1nc(-c2ccc(F)cc2)c(C#N)s1. The molecule has 1 amide bonds. The third-order valence-electron chi connectivity index (χ3n) is 7.69. The van der Waals surface area contributed by atoms with Crippen LogP contribution in [-0.4, -0.2) is 71.8 Å². The number of benzene rings is 1. The molecule has 0 spiro atoms. The number of nitrogens with zero attached hydrogens (tertiary/aromatic N) is 7. The first kappa shape index (κ1) is 26.2. The number of piperazine rings is 1. The Morgan fingerprint density at radius 1 is 1.23 bits per heavy atom. The monoisotopic (exact) mass is 559 g/mol. The number of halogens is 1. The molecule has 40 heavy (non-hydrogen) atoms. The lowest BCUT2D eigenvalue weighted by molar-refractivity contribution is -0.135. The number of rotatable bonds is 6. The zero-order chi connectivity index (χ0) is 27.8. The Morgan fingerprint density at radius 2 is 2.00 bits per heavy atom. The van der Waals surface area contributed by atoms with E-state index in [1.54, 1.807) is 12.1 Å². The Kier molecular flexibility index (Phi) is 7.12. The third-order valence-corrected chi connectivity index (χ3v) is 8.73. The van der Waals surface area contributed by atoms with Gasteiger partial charge in [0.2, 0.25) is 5.91 Å². The molecule has 2 aliphatic heterocycles. The summed E-state index contributed by atoms with van der Waals surface area (Å²) in [5, 5.41) is 15.3. The highest BCUT2D eigenvalue weighted by atomic mass is 32.1. The molecule has 2 saturated heterocycles. The van der Waals surface area contributed by atoms with Crippen molar-refractivity contribution in [3.63, 3.8) is 0 Å². The molecule has 2 aliphatic rings. The molecule has 1 aromatic carbocycles. The van der Waals surface area contributed by atoms with E-state index in [0.717, 1.165) is 48.5 Å². The van der Waals surface area contributed by atoms with Crippen molar-refractivity contribution >= 4 is 39.3 Å². The summed E-state index contributed by atoms with van der Waals surface area (Å²) in [6, 6.07) is 12.5. The van der Waals surface area contributed by atoms with Crippen molar-refractivity contribution in [2.24, 2.45) is 5.92 Å². The first-order valence-electron chi connectivity index (χ1n) is 13.5. The van der Waals surface area contributed by atoms with Crippen LogP contribution in [0.1, 0.15) is 23.9 Å². The van der Waals surface area contributed by atoms with Crippen LogP contribution < -0.4 is 9.80 Å². The predicted molar refractivity (Wildman–Crippen MR) is 153 cm³/mol. The number of ether oxygens (including phenoxy) is 1. The standard InChI is InChI=1S/C29H30FN7O2S/c1-3-23-27(34(2)29-32-26(25(17-31)40-29)19-4-6-21(30)7-5-19)24-16-22(8-10-37(24)33-23)35-11-13-36(14-12-35)28(38)20-9-15-39-18-20/h4-8,10,16,20H,3,9,11-15,18H2,1-2H3/t20-/m1/s1. The van der Waals surface area contributed by atoms with Gasteiger partial charge in [0.15, 0.2) is 5.13 Å². The number of hydrogen-bond donors (Lipinski definition) is 0. The van der Waals surface area contributed by atoms with E-state index >= 15 is 0 Å². The fraction of sp³-hybridized carbons (Fsp3) is 0.379. The van der Waals surface area contributed by atoms with E-state index in [0.29, 0.717) is 47.6 Å². The number of carbonyl (C=O) groups is 1. The maximum absolute atomic E-state index is 13.5. The maximum atomic E-state index is 13.5. The highest BCUT2D eigenvalue weighted by Crippen LogP contribution is 2.39. The predicted octanol–water partition coefficient (Wildman–Crippen LogP) is 4.48. The molecular weight excluding hydrogens is 529 g/mol. The molecule has 0 radical (unpaired) electrons. The number of pyridine rings is 1. The smallest absolute Gasteiger partial charge is 0.228 e. The Balaban J connectivity index is 1.28. The lowest BCUT2D eigenvalue weighted by Crippen LogP contribution is -2.50. The number of hydrogen-bond acceptors (Lipinski definition) is 8. The summed E-state index contributed by atoms with van der Waals surface area (Å²) < 4.78 is 20.8. The molecule has 0 N–H and O–H groups in total. The highest BCUT2D eigenvalue weighted by molar-refractivity contribution is 7.16. The molecule has 0 saturated carbocycles. The number of anilines is 3. The van der Waals surface area contributed by atoms with Crippen LogP contribution in [0.15, 0.2) is 42.6 Å². The van der Waals surface area contributed by atoms with E-state index in [4.69, 9.17) is 14.8 Å². The molecule has 9 nitrogen and oxygen atoms in total. The Morgan fingerprint density at radius 3 is 2.67 bits per heavy atom. The first-order chi connectivity index (χ1) is 19.5. The quantitative estimate of drug-likeness (QED) is 0.344. The van der Waals surface area contributed by atoms with Crippen molar-refractivity contribution in [2.75, 3.05) is 56.2 Å². The molecule has 5 heterocycles. The third kappa shape index (κ3) is 4.78. The largest absolute Gasteiger partial charge is 0.381 e. The summed E-state index contributed by atoms with van der Waals surface area (Å²) in [6.07, 6.45) is 3.51. The normalized spacial score (nSPS) is 17.4. The molecule has 0 unspecified atom stereocenters. The van der Waals surface area contributed by atoms with Crippen molar-refractivity contribution in [3.05, 3.63) is 59.0 Å². The van der Waals surface area contributed by atoms with Crippen LogP contribution in [0, 0.1) is 23.1 Å². The van der Waals surface area contributed by atoms with Gasteiger partial charge in [-0.25, -0.2) is 13.9 Å². The number of aryl methyl sites for hydroxylation is 1. The number of fused-ring (bicyclic) bond motifs is 1. The minimum Gasteiger partial charge on any atom is -0.381 e. The van der Waals surface area contributed by atoms with Crippen molar-refractivity contribution in [2.45, 2.75) is 19.8 Å². The second-order valence-electron chi connectivity index (χ2n) is 10.1. The van der Waals surface area contributed by atoms with E-state index in [9.17, 15) is 14.4 Å². The number of aromatic nitrogens is 3. The van der Waals surface area contributed by atoms with E-state index < -0.39 is 0 Å². The van der Waals surface area contributed by atoms with Crippen molar-refractivity contribution in [1.29, 1.82) is 5.26 Å². The number of nitriles is 1. The number of carbonyl (C=O) groups excluding carboxylic acids is 1. The topological polar surface area (TPSA) is 90.0 Å². The van der Waals surface area contributed by atoms with E-state index in [2.05, 4.69) is 30.0 Å². The Bertz CT molecular complexity index is 1580. The molecule has 11 heteroatoms. The summed E-state index contributed by atoms with van der Waals surface area (Å²) >= 11 is 1.30. The van der Waals surface area contributed by atoms with Crippen LogP contribution in [-0.2, 0) is 16.0 Å². The van der Waals surface area contributed by atoms with E-state index in [-0.39, 0.29) is 17.6 Å². The second-order valence-corrected chi connectivity index (χ2v) is 11.1. The fourth-order valence-electron chi connectivity index (χ4n) is 5.47. The average molecular weight is 560 g/mol. The summed E-state index contributed by atoms with van der Waals surface area (Å²) in [5.41, 5.74) is 5.11. The number of thiazole rings is 1. The molecule has 0 aliphatic carbocycles. The molecule has 2 fully saturated rings. The van der Waals surface area contributed by atoms with Gasteiger partial charge in [0.1, 0.15) is 22.5 Å². The molecule has 4 aromatic rings. The Hall–Kier alpha value is -4.01. The van der Waals surface area contributed by atoms with Gasteiger partial charge in [-0.2, -0.15) is 10.4 Å². The van der Waals surface area contributed by atoms with Gasteiger partial charge in [0.25, 0.3) is 0 Å². The molecule has 206 valence electrons. The highest BCUT2D eigenvalue weighted by Gasteiger charge is 2.30. The van der Waals surface area contributed by atoms with Gasteiger partial charge in [-0.3, -0.25) is 4.79 Å². The van der Waals surface area contributed by atoms with Crippen LogP contribution >= 0.6 is 11.3 Å². The number of amides is 1. The summed E-state index contributed by atoms with van der Waals surface area (Å²) in [4.78, 5) is 24.4. The zero-order valence-corrected chi connectivity index (χ0v) is 23.3. The average Bonchev–Trinajstić information content (AvgIpc) is 3.75. The maximum Gasteiger partial charge on any atom is 0.228 e. The molecule has 1 atom stereocenters. The first-order valence-corrected chi connectivity index (χ1v) is 14.3. The second kappa shape index (κ2) is 10.9. The minimum atomic E-state index is -0.332.